The third kappa shape index (κ3) is 4.14. The van der Waals surface area contributed by atoms with Crippen molar-refractivity contribution in [1.82, 2.24) is 9.80 Å². The van der Waals surface area contributed by atoms with Gasteiger partial charge >= 0.3 is 0 Å². The van der Waals surface area contributed by atoms with Crippen LogP contribution in [0.3, 0.4) is 0 Å². The van der Waals surface area contributed by atoms with Gasteiger partial charge in [0.2, 0.25) is 0 Å². The van der Waals surface area contributed by atoms with Gasteiger partial charge in [0.25, 0.3) is 0 Å². The van der Waals surface area contributed by atoms with Gasteiger partial charge in [-0.25, -0.2) is 0 Å². The van der Waals surface area contributed by atoms with E-state index in [4.69, 9.17) is 10.9 Å². The first-order valence-corrected chi connectivity index (χ1v) is 6.77. The highest BCUT2D eigenvalue weighted by molar-refractivity contribution is 5.85. The Labute approximate surface area is 111 Å². The van der Waals surface area contributed by atoms with Gasteiger partial charge in [0.05, 0.1) is 0 Å². The molecule has 1 heterocycles. The van der Waals surface area contributed by atoms with E-state index >= 15 is 0 Å². The van der Waals surface area contributed by atoms with Crippen molar-refractivity contribution in [2.45, 2.75) is 39.7 Å². The molecule has 0 aromatic rings. The number of likely N-dealkylation sites (N-methyl/N-ethyl adjacent to an activating group) is 1. The van der Waals surface area contributed by atoms with E-state index in [0.29, 0.717) is 11.9 Å². The summed E-state index contributed by atoms with van der Waals surface area (Å²) in [5.74, 6) is 0.328. The molecule has 1 atom stereocenters. The zero-order valence-electron chi connectivity index (χ0n) is 12.2. The third-order valence-electron chi connectivity index (χ3n) is 4.02. The van der Waals surface area contributed by atoms with Gasteiger partial charge < -0.3 is 15.8 Å². The molecule has 106 valence electrons. The second-order valence-corrected chi connectivity index (χ2v) is 6.12. The summed E-state index contributed by atoms with van der Waals surface area (Å²) in [6.07, 6.45) is 2.03. The lowest BCUT2D eigenvalue weighted by Crippen LogP contribution is -2.50. The quantitative estimate of drug-likeness (QED) is 0.335. The SMILES string of the molecule is CC1CN(C)CCN1CCCC(C)(C)C(N)=NO. The summed E-state index contributed by atoms with van der Waals surface area (Å²) in [7, 11) is 2.18. The molecule has 0 saturated carbocycles. The molecule has 5 heteroatoms. The van der Waals surface area contributed by atoms with Crippen LogP contribution in [0.25, 0.3) is 0 Å². The largest absolute Gasteiger partial charge is 0.409 e. The van der Waals surface area contributed by atoms with Crippen molar-refractivity contribution < 1.29 is 5.21 Å². The van der Waals surface area contributed by atoms with Crippen molar-refractivity contribution in [2.24, 2.45) is 16.3 Å². The molecule has 1 aliphatic heterocycles. The number of nitrogens with zero attached hydrogens (tertiary/aromatic N) is 3. The molecular formula is C13H28N4O. The van der Waals surface area contributed by atoms with E-state index in [0.717, 1.165) is 39.0 Å². The molecule has 1 fully saturated rings. The smallest absolute Gasteiger partial charge is 0.144 e. The van der Waals surface area contributed by atoms with Gasteiger partial charge in [-0.2, -0.15) is 0 Å². The van der Waals surface area contributed by atoms with Crippen molar-refractivity contribution in [3.63, 3.8) is 0 Å². The maximum Gasteiger partial charge on any atom is 0.144 e. The van der Waals surface area contributed by atoms with E-state index in [-0.39, 0.29) is 5.41 Å². The van der Waals surface area contributed by atoms with Gasteiger partial charge in [-0.05, 0) is 33.4 Å². The highest BCUT2D eigenvalue weighted by Crippen LogP contribution is 2.23. The summed E-state index contributed by atoms with van der Waals surface area (Å²) < 4.78 is 0. The van der Waals surface area contributed by atoms with Gasteiger partial charge in [-0.3, -0.25) is 4.90 Å². The first-order chi connectivity index (χ1) is 8.36. The summed E-state index contributed by atoms with van der Waals surface area (Å²) >= 11 is 0. The molecule has 1 aliphatic rings. The van der Waals surface area contributed by atoms with Crippen LogP contribution >= 0.6 is 0 Å². The number of oxime groups is 1. The number of amidine groups is 1. The topological polar surface area (TPSA) is 65.1 Å². The standard InChI is InChI=1S/C13H28N4O/c1-11-10-16(4)8-9-17(11)7-5-6-13(2,3)12(14)15-18/h11,18H,5-10H2,1-4H3,(H2,14,15). The molecular weight excluding hydrogens is 228 g/mol. The predicted octanol–water partition coefficient (Wildman–Crippen LogP) is 1.18. The van der Waals surface area contributed by atoms with E-state index in [2.05, 4.69) is 28.9 Å². The molecule has 0 radical (unpaired) electrons. The Morgan fingerprint density at radius 1 is 1.44 bits per heavy atom. The fraction of sp³-hybridized carbons (Fsp3) is 0.923. The zero-order valence-corrected chi connectivity index (χ0v) is 12.2. The lowest BCUT2D eigenvalue weighted by atomic mass is 9.86. The highest BCUT2D eigenvalue weighted by atomic mass is 16.4. The Morgan fingerprint density at radius 3 is 2.67 bits per heavy atom. The molecule has 0 aromatic heterocycles. The van der Waals surface area contributed by atoms with E-state index in [9.17, 15) is 0 Å². The maximum atomic E-state index is 8.74. The fourth-order valence-electron chi connectivity index (χ4n) is 2.50. The van der Waals surface area contributed by atoms with Crippen LogP contribution in [-0.4, -0.2) is 60.1 Å². The minimum Gasteiger partial charge on any atom is -0.409 e. The van der Waals surface area contributed by atoms with Gasteiger partial charge in [0.1, 0.15) is 5.84 Å². The lowest BCUT2D eigenvalue weighted by Gasteiger charge is -2.38. The van der Waals surface area contributed by atoms with Crippen molar-refractivity contribution >= 4 is 5.84 Å². The zero-order chi connectivity index (χ0) is 13.8. The Kier molecular flexibility index (Phi) is 5.41. The predicted molar refractivity (Wildman–Crippen MR) is 75.0 cm³/mol. The maximum absolute atomic E-state index is 8.74. The van der Waals surface area contributed by atoms with Gasteiger partial charge in [-0.1, -0.05) is 19.0 Å². The highest BCUT2D eigenvalue weighted by Gasteiger charge is 2.25. The van der Waals surface area contributed by atoms with Crippen molar-refractivity contribution in [3.8, 4) is 0 Å². The van der Waals surface area contributed by atoms with Crippen molar-refractivity contribution in [2.75, 3.05) is 33.2 Å². The molecule has 0 amide bonds. The fourth-order valence-corrected chi connectivity index (χ4v) is 2.50. The number of hydrogen-bond acceptors (Lipinski definition) is 4. The summed E-state index contributed by atoms with van der Waals surface area (Å²) in [6, 6.07) is 0.621. The second kappa shape index (κ2) is 6.38. The lowest BCUT2D eigenvalue weighted by molar-refractivity contribution is 0.0967. The van der Waals surface area contributed by atoms with Gasteiger partial charge in [0, 0.05) is 31.1 Å². The van der Waals surface area contributed by atoms with Crippen LogP contribution in [0.4, 0.5) is 0 Å². The minimum atomic E-state index is -0.218. The Balaban J connectivity index is 2.34. The summed E-state index contributed by atoms with van der Waals surface area (Å²) in [6.45, 7) is 10.9. The summed E-state index contributed by atoms with van der Waals surface area (Å²) in [5, 5.41) is 11.9. The Bertz CT molecular complexity index is 291. The van der Waals surface area contributed by atoms with E-state index < -0.39 is 0 Å². The van der Waals surface area contributed by atoms with Gasteiger partial charge in [-0.15, -0.1) is 0 Å². The van der Waals surface area contributed by atoms with E-state index in [1.165, 1.54) is 0 Å². The van der Waals surface area contributed by atoms with Crippen molar-refractivity contribution in [1.29, 1.82) is 0 Å². The monoisotopic (exact) mass is 256 g/mol. The Hall–Kier alpha value is -0.810. The van der Waals surface area contributed by atoms with Crippen LogP contribution in [0.2, 0.25) is 0 Å². The molecule has 0 bridgehead atoms. The summed E-state index contributed by atoms with van der Waals surface area (Å²) in [4.78, 5) is 4.91. The van der Waals surface area contributed by atoms with Crippen LogP contribution in [0.15, 0.2) is 5.16 Å². The van der Waals surface area contributed by atoms with E-state index in [1.54, 1.807) is 0 Å². The number of rotatable bonds is 5. The average Bonchev–Trinajstić information content (AvgIpc) is 2.30. The number of piperazine rings is 1. The Morgan fingerprint density at radius 2 is 2.11 bits per heavy atom. The molecule has 5 nitrogen and oxygen atoms in total. The van der Waals surface area contributed by atoms with Crippen molar-refractivity contribution in [3.05, 3.63) is 0 Å². The number of nitrogens with two attached hydrogens (primary N) is 1. The molecule has 18 heavy (non-hydrogen) atoms. The average molecular weight is 256 g/mol. The first-order valence-electron chi connectivity index (χ1n) is 6.77. The van der Waals surface area contributed by atoms with Crippen LogP contribution in [0.1, 0.15) is 33.6 Å². The van der Waals surface area contributed by atoms with Crippen LogP contribution < -0.4 is 5.73 Å². The van der Waals surface area contributed by atoms with Gasteiger partial charge in [0.15, 0.2) is 0 Å². The van der Waals surface area contributed by atoms with Crippen LogP contribution in [0, 0.1) is 5.41 Å². The molecule has 0 aromatic carbocycles. The molecule has 1 unspecified atom stereocenters. The molecule has 1 saturated heterocycles. The number of hydrogen-bond donors (Lipinski definition) is 2. The molecule has 0 spiro atoms. The normalized spacial score (nSPS) is 24.4. The summed E-state index contributed by atoms with van der Waals surface area (Å²) in [5.41, 5.74) is 5.48. The molecule has 3 N–H and O–H groups in total. The minimum absolute atomic E-state index is 0.218. The van der Waals surface area contributed by atoms with E-state index in [1.807, 2.05) is 13.8 Å². The second-order valence-electron chi connectivity index (χ2n) is 6.12. The first kappa shape index (κ1) is 15.2. The van der Waals surface area contributed by atoms with Crippen LogP contribution in [-0.2, 0) is 0 Å². The molecule has 0 aliphatic carbocycles. The molecule has 1 rings (SSSR count). The van der Waals surface area contributed by atoms with Crippen LogP contribution in [0.5, 0.6) is 0 Å². The third-order valence-corrected chi connectivity index (χ3v) is 4.02.